The summed E-state index contributed by atoms with van der Waals surface area (Å²) < 4.78 is 5.01. The summed E-state index contributed by atoms with van der Waals surface area (Å²) in [4.78, 5) is 22.6. The number of hydrogen-bond acceptors (Lipinski definition) is 5. The average Bonchev–Trinajstić information content (AvgIpc) is 2.52. The van der Waals surface area contributed by atoms with E-state index < -0.39 is 10.8 Å². The first kappa shape index (κ1) is 17.9. The molecule has 0 atom stereocenters. The van der Waals surface area contributed by atoms with Crippen LogP contribution < -0.4 is 15.4 Å². The fourth-order valence-corrected chi connectivity index (χ4v) is 2.10. The first-order chi connectivity index (χ1) is 10.1. The second kappa shape index (κ2) is 8.35. The molecule has 1 heterocycles. The van der Waals surface area contributed by atoms with Crippen molar-refractivity contribution in [3.63, 3.8) is 0 Å². The molecule has 0 spiro atoms. The van der Waals surface area contributed by atoms with Gasteiger partial charge in [-0.1, -0.05) is 11.6 Å². The number of rotatable bonds is 5. The maximum absolute atomic E-state index is 12.2. The summed E-state index contributed by atoms with van der Waals surface area (Å²) in [6, 6.07) is 4.12. The maximum Gasteiger partial charge on any atom is 0.282 e. The van der Waals surface area contributed by atoms with Gasteiger partial charge < -0.3 is 15.4 Å². The van der Waals surface area contributed by atoms with E-state index in [1.54, 1.807) is 0 Å². The van der Waals surface area contributed by atoms with Crippen LogP contribution in [0.4, 0.5) is 5.69 Å². The van der Waals surface area contributed by atoms with E-state index in [4.69, 9.17) is 4.74 Å². The van der Waals surface area contributed by atoms with Crippen LogP contribution in [0.15, 0.2) is 29.8 Å². The molecule has 0 saturated heterocycles. The van der Waals surface area contributed by atoms with Gasteiger partial charge in [0.25, 0.3) is 11.6 Å². The first-order valence-electron chi connectivity index (χ1n) is 6.61. The van der Waals surface area contributed by atoms with Crippen LogP contribution in [0.1, 0.15) is 16.8 Å². The van der Waals surface area contributed by atoms with E-state index in [1.165, 1.54) is 25.3 Å². The number of hydrogen-bond donors (Lipinski definition) is 2. The van der Waals surface area contributed by atoms with Gasteiger partial charge in [0.15, 0.2) is 0 Å². The van der Waals surface area contributed by atoms with Crippen LogP contribution in [0.5, 0.6) is 5.75 Å². The number of nitrogens with zero attached hydrogens (tertiary/aromatic N) is 1. The smallest absolute Gasteiger partial charge is 0.282 e. The number of nitro groups is 1. The Bertz CT molecular complexity index is 589. The molecule has 120 valence electrons. The Morgan fingerprint density at radius 3 is 2.86 bits per heavy atom. The third kappa shape index (κ3) is 4.44. The van der Waals surface area contributed by atoms with Crippen molar-refractivity contribution in [3.8, 4) is 5.75 Å². The van der Waals surface area contributed by atoms with Crippen molar-refractivity contribution < 1.29 is 14.5 Å². The van der Waals surface area contributed by atoms with Gasteiger partial charge in [0.1, 0.15) is 11.3 Å². The SMILES string of the molecule is COc1ccc([N+](=O)[O-])c(C(=O)NCC2=CCNCC2)c1.Cl. The Balaban J connectivity index is 0.00000242. The summed E-state index contributed by atoms with van der Waals surface area (Å²) in [5.41, 5.74) is 0.897. The second-order valence-electron chi connectivity index (χ2n) is 4.64. The molecule has 1 aliphatic rings. The number of benzene rings is 1. The minimum atomic E-state index is -0.571. The van der Waals surface area contributed by atoms with Gasteiger partial charge in [0.2, 0.25) is 0 Å². The summed E-state index contributed by atoms with van der Waals surface area (Å²) in [5, 5.41) is 16.9. The number of ether oxygens (including phenoxy) is 1. The number of methoxy groups -OCH3 is 1. The molecule has 8 heteroatoms. The molecule has 0 unspecified atom stereocenters. The minimum Gasteiger partial charge on any atom is -0.497 e. The molecule has 1 aromatic rings. The molecule has 0 fully saturated rings. The first-order valence-corrected chi connectivity index (χ1v) is 6.61. The lowest BCUT2D eigenvalue weighted by atomic mass is 10.1. The predicted molar refractivity (Wildman–Crippen MR) is 84.8 cm³/mol. The highest BCUT2D eigenvalue weighted by Gasteiger charge is 2.21. The Morgan fingerprint density at radius 2 is 2.27 bits per heavy atom. The number of halogens is 1. The second-order valence-corrected chi connectivity index (χ2v) is 4.64. The van der Waals surface area contributed by atoms with Gasteiger partial charge in [-0.25, -0.2) is 0 Å². The summed E-state index contributed by atoms with van der Waals surface area (Å²) in [5.74, 6) is -0.0631. The van der Waals surface area contributed by atoms with Gasteiger partial charge >= 0.3 is 0 Å². The van der Waals surface area contributed by atoms with Crippen molar-refractivity contribution in [2.45, 2.75) is 6.42 Å². The molecule has 0 radical (unpaired) electrons. The highest BCUT2D eigenvalue weighted by Crippen LogP contribution is 2.23. The quantitative estimate of drug-likeness (QED) is 0.487. The molecular formula is C14H18ClN3O4. The van der Waals surface area contributed by atoms with Gasteiger partial charge in [-0.15, -0.1) is 12.4 Å². The van der Waals surface area contributed by atoms with Crippen molar-refractivity contribution in [1.82, 2.24) is 10.6 Å². The zero-order valence-corrected chi connectivity index (χ0v) is 12.9. The zero-order valence-electron chi connectivity index (χ0n) is 12.1. The van der Waals surface area contributed by atoms with Gasteiger partial charge in [-0.3, -0.25) is 14.9 Å². The van der Waals surface area contributed by atoms with Crippen molar-refractivity contribution in [3.05, 3.63) is 45.5 Å². The Kier molecular flexibility index (Phi) is 6.81. The summed E-state index contributed by atoms with van der Waals surface area (Å²) in [6.07, 6.45) is 2.88. The standard InChI is InChI=1S/C14H17N3O4.ClH/c1-21-11-2-3-13(17(19)20)12(8-11)14(18)16-9-10-4-6-15-7-5-10;/h2-4,8,15H,5-7,9H2,1H3,(H,16,18);1H. The lowest BCUT2D eigenvalue weighted by Gasteiger charge is -2.14. The third-order valence-electron chi connectivity index (χ3n) is 3.28. The van der Waals surface area contributed by atoms with E-state index >= 15 is 0 Å². The molecule has 2 rings (SSSR count). The van der Waals surface area contributed by atoms with Crippen LogP contribution in [0, 0.1) is 10.1 Å². The molecule has 1 amide bonds. The van der Waals surface area contributed by atoms with Gasteiger partial charge in [-0.05, 0) is 25.1 Å². The lowest BCUT2D eigenvalue weighted by Crippen LogP contribution is -2.30. The van der Waals surface area contributed by atoms with Crippen molar-refractivity contribution in [2.24, 2.45) is 0 Å². The summed E-state index contributed by atoms with van der Waals surface area (Å²) >= 11 is 0. The molecule has 0 bridgehead atoms. The largest absolute Gasteiger partial charge is 0.497 e. The van der Waals surface area contributed by atoms with E-state index in [0.29, 0.717) is 12.3 Å². The highest BCUT2D eigenvalue weighted by atomic mass is 35.5. The minimum absolute atomic E-state index is 0. The van der Waals surface area contributed by atoms with Crippen LogP contribution in [-0.4, -0.2) is 37.6 Å². The molecule has 0 saturated carbocycles. The molecule has 1 aromatic carbocycles. The third-order valence-corrected chi connectivity index (χ3v) is 3.28. The van der Waals surface area contributed by atoms with Crippen LogP contribution in [0.25, 0.3) is 0 Å². The van der Waals surface area contributed by atoms with Crippen LogP contribution in [-0.2, 0) is 0 Å². The Hall–Kier alpha value is -2.12. The van der Waals surface area contributed by atoms with Gasteiger partial charge in [-0.2, -0.15) is 0 Å². The number of carbonyl (C=O) groups excluding carboxylic acids is 1. The normalized spacial score (nSPS) is 13.6. The Labute approximate surface area is 134 Å². The monoisotopic (exact) mass is 327 g/mol. The van der Waals surface area contributed by atoms with E-state index in [1.807, 2.05) is 6.08 Å². The fraction of sp³-hybridized carbons (Fsp3) is 0.357. The fourth-order valence-electron chi connectivity index (χ4n) is 2.10. The van der Waals surface area contributed by atoms with Crippen molar-refractivity contribution in [1.29, 1.82) is 0 Å². The van der Waals surface area contributed by atoms with E-state index in [0.717, 1.165) is 25.1 Å². The number of carbonyl (C=O) groups is 1. The molecule has 2 N–H and O–H groups in total. The van der Waals surface area contributed by atoms with Crippen molar-refractivity contribution >= 4 is 24.0 Å². The molecule has 0 aromatic heterocycles. The molecule has 7 nitrogen and oxygen atoms in total. The average molecular weight is 328 g/mol. The van der Waals surface area contributed by atoms with Crippen LogP contribution in [0.3, 0.4) is 0 Å². The van der Waals surface area contributed by atoms with Gasteiger partial charge in [0, 0.05) is 19.2 Å². The van der Waals surface area contributed by atoms with Crippen LogP contribution in [0.2, 0.25) is 0 Å². The summed E-state index contributed by atoms with van der Waals surface area (Å²) in [7, 11) is 1.45. The number of nitrogens with one attached hydrogen (secondary N) is 2. The Morgan fingerprint density at radius 1 is 1.50 bits per heavy atom. The van der Waals surface area contributed by atoms with Gasteiger partial charge in [0.05, 0.1) is 12.0 Å². The summed E-state index contributed by atoms with van der Waals surface area (Å²) in [6.45, 7) is 2.06. The number of nitro benzene ring substituents is 1. The van der Waals surface area contributed by atoms with Crippen molar-refractivity contribution in [2.75, 3.05) is 26.7 Å². The highest BCUT2D eigenvalue weighted by molar-refractivity contribution is 5.98. The predicted octanol–water partition coefficient (Wildman–Crippen LogP) is 1.67. The molecule has 1 aliphatic heterocycles. The van der Waals surface area contributed by atoms with E-state index in [9.17, 15) is 14.9 Å². The molecular weight excluding hydrogens is 310 g/mol. The lowest BCUT2D eigenvalue weighted by molar-refractivity contribution is -0.385. The van der Waals surface area contributed by atoms with E-state index in [2.05, 4.69) is 10.6 Å². The topological polar surface area (TPSA) is 93.5 Å². The zero-order chi connectivity index (χ0) is 15.2. The van der Waals surface area contributed by atoms with E-state index in [-0.39, 0.29) is 23.7 Å². The molecule has 0 aliphatic carbocycles. The molecule has 22 heavy (non-hydrogen) atoms. The number of amides is 1. The van der Waals surface area contributed by atoms with Crippen LogP contribution >= 0.6 is 12.4 Å². The maximum atomic E-state index is 12.2.